The molecule has 0 radical (unpaired) electrons. The molecule has 0 saturated heterocycles. The molecule has 1 N–H and O–H groups in total. The highest BCUT2D eigenvalue weighted by molar-refractivity contribution is 6.31. The molecule has 0 bridgehead atoms. The topological polar surface area (TPSA) is 40.5 Å². The quantitative estimate of drug-likeness (QED) is 0.812. The van der Waals surface area contributed by atoms with Crippen molar-refractivity contribution < 1.29 is 9.90 Å². The van der Waals surface area contributed by atoms with Crippen LogP contribution in [0.25, 0.3) is 0 Å². The highest BCUT2D eigenvalue weighted by Crippen LogP contribution is 2.32. The van der Waals surface area contributed by atoms with Gasteiger partial charge >= 0.3 is 0 Å². The van der Waals surface area contributed by atoms with Gasteiger partial charge in [-0.1, -0.05) is 18.5 Å². The molecule has 1 saturated carbocycles. The first-order valence-corrected chi connectivity index (χ1v) is 7.13. The number of carbonyl (C=O) groups is 1. The Kier molecular flexibility index (Phi) is 4.48. The Bertz CT molecular complexity index is 483. The number of phenolic OH excluding ortho intramolecular Hbond substituents is 1. The van der Waals surface area contributed by atoms with E-state index in [1.165, 1.54) is 25.8 Å². The molecular formula is C15H20ClNO2. The summed E-state index contributed by atoms with van der Waals surface area (Å²) in [6.45, 7) is 6.17. The van der Waals surface area contributed by atoms with Crippen molar-refractivity contribution in [3.05, 3.63) is 28.3 Å². The molecule has 104 valence electrons. The lowest BCUT2D eigenvalue weighted by atomic mass is 10.1. The largest absolute Gasteiger partial charge is 0.507 e. The van der Waals surface area contributed by atoms with Crippen molar-refractivity contribution in [1.29, 1.82) is 0 Å². The van der Waals surface area contributed by atoms with Gasteiger partial charge in [-0.15, -0.1) is 0 Å². The lowest BCUT2D eigenvalue weighted by Gasteiger charge is -2.21. The summed E-state index contributed by atoms with van der Waals surface area (Å²) in [5, 5.41) is 10.7. The standard InChI is InChI=1S/C15H20ClNO2/c1-3-17(8-11-4-5-11)9-12-6-13(16)7-14(10(2)18)15(12)19/h6-7,11,19H,3-5,8-9H2,1-2H3. The minimum absolute atomic E-state index is 0.0751. The normalized spacial score (nSPS) is 14.9. The minimum Gasteiger partial charge on any atom is -0.507 e. The molecule has 0 heterocycles. The van der Waals surface area contributed by atoms with Gasteiger partial charge in [0.2, 0.25) is 0 Å². The van der Waals surface area contributed by atoms with Gasteiger partial charge in [-0.2, -0.15) is 0 Å². The van der Waals surface area contributed by atoms with Crippen LogP contribution in [-0.4, -0.2) is 28.9 Å². The number of hydrogen-bond acceptors (Lipinski definition) is 3. The molecule has 0 spiro atoms. The van der Waals surface area contributed by atoms with Crippen molar-refractivity contribution in [2.45, 2.75) is 33.2 Å². The van der Waals surface area contributed by atoms with E-state index in [2.05, 4.69) is 11.8 Å². The smallest absolute Gasteiger partial charge is 0.163 e. The van der Waals surface area contributed by atoms with Crippen LogP contribution >= 0.6 is 11.6 Å². The highest BCUT2D eigenvalue weighted by atomic mass is 35.5. The molecule has 1 aliphatic carbocycles. The maximum atomic E-state index is 11.5. The molecular weight excluding hydrogens is 262 g/mol. The van der Waals surface area contributed by atoms with Crippen molar-refractivity contribution in [3.63, 3.8) is 0 Å². The fourth-order valence-electron chi connectivity index (χ4n) is 2.26. The molecule has 1 aromatic rings. The molecule has 1 aromatic carbocycles. The van der Waals surface area contributed by atoms with E-state index in [4.69, 9.17) is 11.6 Å². The van der Waals surface area contributed by atoms with Crippen molar-refractivity contribution in [2.75, 3.05) is 13.1 Å². The number of phenols is 1. The van der Waals surface area contributed by atoms with Crippen molar-refractivity contribution in [3.8, 4) is 5.75 Å². The van der Waals surface area contributed by atoms with Crippen molar-refractivity contribution in [2.24, 2.45) is 5.92 Å². The molecule has 1 aliphatic rings. The molecule has 0 aromatic heterocycles. The van der Waals surface area contributed by atoms with E-state index in [1.807, 2.05) is 0 Å². The summed E-state index contributed by atoms with van der Waals surface area (Å²) >= 11 is 6.03. The van der Waals surface area contributed by atoms with E-state index >= 15 is 0 Å². The van der Waals surface area contributed by atoms with Gasteiger partial charge in [-0.25, -0.2) is 0 Å². The van der Waals surface area contributed by atoms with E-state index in [9.17, 15) is 9.90 Å². The summed E-state index contributed by atoms with van der Waals surface area (Å²) in [4.78, 5) is 13.8. The Balaban J connectivity index is 2.20. The second kappa shape index (κ2) is 5.93. The Morgan fingerprint density at radius 1 is 1.47 bits per heavy atom. The first-order valence-electron chi connectivity index (χ1n) is 6.76. The molecule has 0 unspecified atom stereocenters. The number of hydrogen-bond donors (Lipinski definition) is 1. The van der Waals surface area contributed by atoms with Crippen LogP contribution in [0, 0.1) is 5.92 Å². The van der Waals surface area contributed by atoms with E-state index < -0.39 is 0 Å². The van der Waals surface area contributed by atoms with Crippen LogP contribution in [0.5, 0.6) is 5.75 Å². The van der Waals surface area contributed by atoms with Crippen LogP contribution in [0.3, 0.4) is 0 Å². The molecule has 0 aliphatic heterocycles. The third-order valence-electron chi connectivity index (χ3n) is 3.59. The Hall–Kier alpha value is -1.06. The zero-order chi connectivity index (χ0) is 14.0. The number of ketones is 1. The van der Waals surface area contributed by atoms with Crippen molar-refractivity contribution >= 4 is 17.4 Å². The predicted octanol–water partition coefficient (Wildman–Crippen LogP) is 3.48. The number of carbonyl (C=O) groups excluding carboxylic acids is 1. The van der Waals surface area contributed by atoms with Gasteiger partial charge in [0.05, 0.1) is 5.56 Å². The molecule has 1 fully saturated rings. The number of halogens is 1. The van der Waals surface area contributed by atoms with Crippen molar-refractivity contribution in [1.82, 2.24) is 4.90 Å². The van der Waals surface area contributed by atoms with Crippen LogP contribution in [0.2, 0.25) is 5.02 Å². The average molecular weight is 282 g/mol. The van der Waals surface area contributed by atoms with E-state index in [1.54, 1.807) is 6.07 Å². The molecule has 0 amide bonds. The summed E-state index contributed by atoms with van der Waals surface area (Å²) in [6, 6.07) is 3.28. The van der Waals surface area contributed by atoms with Gasteiger partial charge in [-0.3, -0.25) is 9.69 Å². The molecule has 2 rings (SSSR count). The lowest BCUT2D eigenvalue weighted by Crippen LogP contribution is -2.25. The zero-order valence-electron chi connectivity index (χ0n) is 11.4. The molecule has 3 nitrogen and oxygen atoms in total. The molecule has 0 atom stereocenters. The highest BCUT2D eigenvalue weighted by Gasteiger charge is 2.24. The maximum Gasteiger partial charge on any atom is 0.163 e. The molecule has 4 heteroatoms. The number of rotatable bonds is 6. The minimum atomic E-state index is -0.161. The fraction of sp³-hybridized carbons (Fsp3) is 0.533. The maximum absolute atomic E-state index is 11.5. The first-order chi connectivity index (χ1) is 9.01. The summed E-state index contributed by atoms with van der Waals surface area (Å²) in [5.74, 6) is 0.714. The fourth-order valence-corrected chi connectivity index (χ4v) is 2.50. The molecule has 19 heavy (non-hydrogen) atoms. The predicted molar refractivity (Wildman–Crippen MR) is 76.8 cm³/mol. The second-order valence-electron chi connectivity index (χ2n) is 5.29. The third kappa shape index (κ3) is 3.71. The van der Waals surface area contributed by atoms with E-state index in [0.29, 0.717) is 17.1 Å². The average Bonchev–Trinajstić information content (AvgIpc) is 3.15. The van der Waals surface area contributed by atoms with Gasteiger partial charge in [0, 0.05) is 23.7 Å². The summed E-state index contributed by atoms with van der Waals surface area (Å²) < 4.78 is 0. The first kappa shape index (κ1) is 14.4. The van der Waals surface area contributed by atoms with E-state index in [-0.39, 0.29) is 11.5 Å². The van der Waals surface area contributed by atoms with Crippen LogP contribution in [0.15, 0.2) is 12.1 Å². The zero-order valence-corrected chi connectivity index (χ0v) is 12.2. The monoisotopic (exact) mass is 281 g/mol. The number of benzene rings is 1. The van der Waals surface area contributed by atoms with Gasteiger partial charge < -0.3 is 5.11 Å². The number of nitrogens with zero attached hydrogens (tertiary/aromatic N) is 1. The van der Waals surface area contributed by atoms with Gasteiger partial charge in [-0.05, 0) is 44.4 Å². The van der Waals surface area contributed by atoms with E-state index in [0.717, 1.165) is 24.6 Å². The third-order valence-corrected chi connectivity index (χ3v) is 3.81. The summed E-state index contributed by atoms with van der Waals surface area (Å²) in [5.41, 5.74) is 1.05. The lowest BCUT2D eigenvalue weighted by molar-refractivity contribution is 0.101. The number of aromatic hydroxyl groups is 1. The van der Waals surface area contributed by atoms with Crippen LogP contribution < -0.4 is 0 Å². The summed E-state index contributed by atoms with van der Waals surface area (Å²) in [6.07, 6.45) is 2.60. The van der Waals surface area contributed by atoms with Gasteiger partial charge in [0.1, 0.15) is 5.75 Å². The Morgan fingerprint density at radius 3 is 2.68 bits per heavy atom. The summed E-state index contributed by atoms with van der Waals surface area (Å²) in [7, 11) is 0. The SMILES string of the molecule is CCN(Cc1cc(Cl)cc(C(C)=O)c1O)CC1CC1. The number of Topliss-reactive ketones (excluding diaryl/α,β-unsaturated/α-hetero) is 1. The second-order valence-corrected chi connectivity index (χ2v) is 5.72. The van der Waals surface area contributed by atoms with Crippen LogP contribution in [0.1, 0.15) is 42.6 Å². The van der Waals surface area contributed by atoms with Gasteiger partial charge in [0.25, 0.3) is 0 Å². The van der Waals surface area contributed by atoms with Crippen LogP contribution in [0.4, 0.5) is 0 Å². The van der Waals surface area contributed by atoms with Gasteiger partial charge in [0.15, 0.2) is 5.78 Å². The van der Waals surface area contributed by atoms with Crippen LogP contribution in [-0.2, 0) is 6.54 Å². The Morgan fingerprint density at radius 2 is 2.16 bits per heavy atom. The Labute approximate surface area is 119 Å².